The molecule has 0 spiro atoms. The number of hydrogen-bond acceptors (Lipinski definition) is 1. The quantitative estimate of drug-likeness (QED) is 0.771. The molecule has 1 heterocycles. The fourth-order valence-electron chi connectivity index (χ4n) is 2.27. The van der Waals surface area contributed by atoms with Crippen molar-refractivity contribution in [2.24, 2.45) is 0 Å². The highest BCUT2D eigenvalue weighted by molar-refractivity contribution is 6.05. The van der Waals surface area contributed by atoms with Gasteiger partial charge >= 0.3 is 0 Å². The van der Waals surface area contributed by atoms with E-state index in [2.05, 4.69) is 4.98 Å². The fraction of sp³-hybridized carbons (Fsp3) is 0.0556. The number of para-hydroxylation sites is 1. The first kappa shape index (κ1) is 13.2. The van der Waals surface area contributed by atoms with Crippen molar-refractivity contribution in [2.45, 2.75) is 6.54 Å². The Balaban J connectivity index is 1.93. The van der Waals surface area contributed by atoms with Crippen molar-refractivity contribution < 1.29 is 4.79 Å². The van der Waals surface area contributed by atoms with Crippen LogP contribution in [-0.4, -0.2) is 10.9 Å². The highest BCUT2D eigenvalue weighted by Gasteiger charge is 2.18. The summed E-state index contributed by atoms with van der Waals surface area (Å²) in [7, 11) is 0. The molecule has 3 rings (SSSR count). The standard InChI is InChI=1S/C18H16N2O/c21-18(16-11-12-19-13-16)20(17-9-5-2-6-10-17)14-15-7-3-1-4-8-15/h1-13,19H,14H2. The average molecular weight is 276 g/mol. The molecular weight excluding hydrogens is 260 g/mol. The van der Waals surface area contributed by atoms with Crippen molar-refractivity contribution in [3.8, 4) is 0 Å². The van der Waals surface area contributed by atoms with Crippen LogP contribution in [0.15, 0.2) is 79.1 Å². The van der Waals surface area contributed by atoms with Crippen LogP contribution in [-0.2, 0) is 6.54 Å². The molecule has 0 atom stereocenters. The van der Waals surface area contributed by atoms with E-state index >= 15 is 0 Å². The molecule has 0 fully saturated rings. The lowest BCUT2D eigenvalue weighted by Crippen LogP contribution is -2.30. The molecule has 3 nitrogen and oxygen atoms in total. The Morgan fingerprint density at radius 3 is 2.19 bits per heavy atom. The molecule has 2 aromatic carbocycles. The zero-order chi connectivity index (χ0) is 14.5. The zero-order valence-corrected chi connectivity index (χ0v) is 11.6. The van der Waals surface area contributed by atoms with Gasteiger partial charge in [-0.3, -0.25) is 4.79 Å². The van der Waals surface area contributed by atoms with Crippen LogP contribution in [0.2, 0.25) is 0 Å². The van der Waals surface area contributed by atoms with Crippen molar-refractivity contribution in [3.63, 3.8) is 0 Å². The second kappa shape index (κ2) is 6.09. The molecular formula is C18H16N2O. The van der Waals surface area contributed by atoms with Crippen molar-refractivity contribution in [1.29, 1.82) is 0 Å². The Kier molecular flexibility index (Phi) is 3.83. The molecule has 21 heavy (non-hydrogen) atoms. The normalized spacial score (nSPS) is 10.3. The number of rotatable bonds is 4. The van der Waals surface area contributed by atoms with Gasteiger partial charge in [-0.05, 0) is 23.8 Å². The SMILES string of the molecule is O=C(c1cc[nH]c1)N(Cc1ccccc1)c1ccccc1. The first-order valence-corrected chi connectivity index (χ1v) is 6.88. The highest BCUT2D eigenvalue weighted by Crippen LogP contribution is 2.19. The van der Waals surface area contributed by atoms with E-state index in [-0.39, 0.29) is 5.91 Å². The second-order valence-corrected chi connectivity index (χ2v) is 4.81. The predicted molar refractivity (Wildman–Crippen MR) is 84.2 cm³/mol. The number of carbonyl (C=O) groups is 1. The third-order valence-electron chi connectivity index (χ3n) is 3.34. The number of nitrogens with one attached hydrogen (secondary N) is 1. The van der Waals surface area contributed by atoms with Gasteiger partial charge in [0.15, 0.2) is 0 Å². The van der Waals surface area contributed by atoms with Crippen LogP contribution >= 0.6 is 0 Å². The van der Waals surface area contributed by atoms with Gasteiger partial charge in [0.2, 0.25) is 0 Å². The molecule has 1 aromatic heterocycles. The maximum absolute atomic E-state index is 12.7. The lowest BCUT2D eigenvalue weighted by Gasteiger charge is -2.22. The Morgan fingerprint density at radius 2 is 1.57 bits per heavy atom. The van der Waals surface area contributed by atoms with Gasteiger partial charge in [0.25, 0.3) is 5.91 Å². The number of aromatic nitrogens is 1. The number of amides is 1. The van der Waals surface area contributed by atoms with Crippen LogP contribution in [0, 0.1) is 0 Å². The summed E-state index contributed by atoms with van der Waals surface area (Å²) >= 11 is 0. The van der Waals surface area contributed by atoms with E-state index in [4.69, 9.17) is 0 Å². The molecule has 0 unspecified atom stereocenters. The smallest absolute Gasteiger partial charge is 0.260 e. The van der Waals surface area contributed by atoms with E-state index in [0.29, 0.717) is 12.1 Å². The predicted octanol–water partition coefficient (Wildman–Crippen LogP) is 3.86. The first-order chi connectivity index (χ1) is 10.3. The molecule has 0 saturated heterocycles. The summed E-state index contributed by atoms with van der Waals surface area (Å²) in [5.41, 5.74) is 2.66. The summed E-state index contributed by atoms with van der Waals surface area (Å²) in [4.78, 5) is 17.4. The van der Waals surface area contributed by atoms with Crippen molar-refractivity contribution in [2.75, 3.05) is 4.90 Å². The van der Waals surface area contributed by atoms with Crippen molar-refractivity contribution >= 4 is 11.6 Å². The van der Waals surface area contributed by atoms with Crippen molar-refractivity contribution in [3.05, 3.63) is 90.3 Å². The summed E-state index contributed by atoms with van der Waals surface area (Å²) < 4.78 is 0. The third kappa shape index (κ3) is 3.03. The van der Waals surface area contributed by atoms with Gasteiger partial charge in [-0.2, -0.15) is 0 Å². The van der Waals surface area contributed by atoms with E-state index in [0.717, 1.165) is 11.3 Å². The maximum Gasteiger partial charge on any atom is 0.260 e. The van der Waals surface area contributed by atoms with E-state index in [9.17, 15) is 4.79 Å². The zero-order valence-electron chi connectivity index (χ0n) is 11.6. The monoisotopic (exact) mass is 276 g/mol. The lowest BCUT2D eigenvalue weighted by atomic mass is 10.1. The summed E-state index contributed by atoms with van der Waals surface area (Å²) in [6.07, 6.45) is 3.49. The molecule has 0 bridgehead atoms. The largest absolute Gasteiger partial charge is 0.367 e. The molecule has 104 valence electrons. The minimum atomic E-state index is -0.00805. The van der Waals surface area contributed by atoms with E-state index < -0.39 is 0 Å². The van der Waals surface area contributed by atoms with Gasteiger partial charge in [0.1, 0.15) is 0 Å². The highest BCUT2D eigenvalue weighted by atomic mass is 16.2. The molecule has 1 amide bonds. The Bertz CT molecular complexity index is 691. The third-order valence-corrected chi connectivity index (χ3v) is 3.34. The van der Waals surface area contributed by atoms with Crippen LogP contribution in [0.4, 0.5) is 5.69 Å². The molecule has 0 radical (unpaired) electrons. The average Bonchev–Trinajstić information content (AvgIpc) is 3.08. The molecule has 0 aliphatic heterocycles. The number of nitrogens with zero attached hydrogens (tertiary/aromatic N) is 1. The summed E-state index contributed by atoms with van der Waals surface area (Å²) in [6.45, 7) is 0.550. The summed E-state index contributed by atoms with van der Waals surface area (Å²) in [5, 5.41) is 0. The van der Waals surface area contributed by atoms with Crippen LogP contribution in [0.5, 0.6) is 0 Å². The van der Waals surface area contributed by atoms with Crippen LogP contribution < -0.4 is 4.90 Å². The van der Waals surface area contributed by atoms with Gasteiger partial charge in [-0.25, -0.2) is 0 Å². The topological polar surface area (TPSA) is 36.1 Å². The minimum Gasteiger partial charge on any atom is -0.367 e. The Hall–Kier alpha value is -2.81. The molecule has 3 heteroatoms. The number of H-pyrrole nitrogens is 1. The summed E-state index contributed by atoms with van der Waals surface area (Å²) in [5.74, 6) is -0.00805. The number of anilines is 1. The van der Waals surface area contributed by atoms with Crippen molar-refractivity contribution in [1.82, 2.24) is 4.98 Å². The Morgan fingerprint density at radius 1 is 0.905 bits per heavy atom. The van der Waals surface area contributed by atoms with Crippen LogP contribution in [0.3, 0.4) is 0 Å². The summed E-state index contributed by atoms with van der Waals surface area (Å²) in [6, 6.07) is 21.5. The van der Waals surface area contributed by atoms with Gasteiger partial charge in [-0.1, -0.05) is 48.5 Å². The molecule has 0 aliphatic rings. The van der Waals surface area contributed by atoms with Crippen LogP contribution in [0.25, 0.3) is 0 Å². The Labute approximate surface area is 123 Å². The molecule has 0 aliphatic carbocycles. The number of benzene rings is 2. The van der Waals surface area contributed by atoms with Crippen LogP contribution in [0.1, 0.15) is 15.9 Å². The minimum absolute atomic E-state index is 0.00805. The van der Waals surface area contributed by atoms with Gasteiger partial charge in [0.05, 0.1) is 12.1 Å². The fourth-order valence-corrected chi connectivity index (χ4v) is 2.27. The van der Waals surface area contributed by atoms with E-state index in [1.165, 1.54) is 0 Å². The van der Waals surface area contributed by atoms with Gasteiger partial charge in [0, 0.05) is 18.1 Å². The van der Waals surface area contributed by atoms with Gasteiger partial charge < -0.3 is 9.88 Å². The molecule has 3 aromatic rings. The van der Waals surface area contributed by atoms with Gasteiger partial charge in [-0.15, -0.1) is 0 Å². The van der Waals surface area contributed by atoms with E-state index in [1.54, 1.807) is 23.4 Å². The lowest BCUT2D eigenvalue weighted by molar-refractivity contribution is 0.0985. The number of carbonyl (C=O) groups excluding carboxylic acids is 1. The first-order valence-electron chi connectivity index (χ1n) is 6.88. The second-order valence-electron chi connectivity index (χ2n) is 4.81. The molecule has 1 N–H and O–H groups in total. The molecule has 0 saturated carbocycles. The number of aromatic amines is 1. The van der Waals surface area contributed by atoms with E-state index in [1.807, 2.05) is 60.7 Å². The maximum atomic E-state index is 12.7. The number of hydrogen-bond donors (Lipinski definition) is 1.